The second-order valence-electron chi connectivity index (χ2n) is 5.40. The molecule has 1 aliphatic rings. The van der Waals surface area contributed by atoms with Gasteiger partial charge in [-0.15, -0.1) is 0 Å². The molecule has 2 rings (SSSR count). The number of anilines is 1. The van der Waals surface area contributed by atoms with Crippen LogP contribution in [-0.2, 0) is 9.47 Å². The summed E-state index contributed by atoms with van der Waals surface area (Å²) in [4.78, 5) is 4.31. The minimum Gasteiger partial charge on any atom is -0.379 e. The highest BCUT2D eigenvalue weighted by Gasteiger charge is 2.15. The van der Waals surface area contributed by atoms with E-state index < -0.39 is 0 Å². The van der Waals surface area contributed by atoms with E-state index in [9.17, 15) is 0 Å². The van der Waals surface area contributed by atoms with Crippen molar-refractivity contribution in [1.82, 2.24) is 0 Å². The third kappa shape index (κ3) is 5.36. The van der Waals surface area contributed by atoms with Gasteiger partial charge < -0.3 is 20.5 Å². The van der Waals surface area contributed by atoms with Crippen LogP contribution in [0.2, 0.25) is 0 Å². The highest BCUT2D eigenvalue weighted by atomic mass is 16.5. The lowest BCUT2D eigenvalue weighted by Gasteiger charge is -2.09. The number of hydrogen-bond donors (Lipinski definition) is 2. The first-order valence-corrected chi connectivity index (χ1v) is 7.48. The van der Waals surface area contributed by atoms with Crippen LogP contribution in [0.25, 0.3) is 0 Å². The molecule has 1 heterocycles. The van der Waals surface area contributed by atoms with Crippen molar-refractivity contribution < 1.29 is 9.47 Å². The summed E-state index contributed by atoms with van der Waals surface area (Å²) >= 11 is 0. The van der Waals surface area contributed by atoms with Crippen LogP contribution in [0, 0.1) is 13.8 Å². The summed E-state index contributed by atoms with van der Waals surface area (Å²) in [6, 6.07) is 6.15. The van der Waals surface area contributed by atoms with Crippen molar-refractivity contribution >= 4 is 11.6 Å². The second-order valence-corrected chi connectivity index (χ2v) is 5.40. The summed E-state index contributed by atoms with van der Waals surface area (Å²) in [5.74, 6) is 0.447. The fourth-order valence-corrected chi connectivity index (χ4v) is 2.16. The van der Waals surface area contributed by atoms with E-state index in [4.69, 9.17) is 15.2 Å². The van der Waals surface area contributed by atoms with E-state index in [1.165, 1.54) is 11.1 Å². The maximum absolute atomic E-state index is 5.88. The summed E-state index contributed by atoms with van der Waals surface area (Å²) < 4.78 is 10.9. The number of nitrogens with two attached hydrogens (primary N) is 1. The fraction of sp³-hybridized carbons (Fsp3) is 0.562. The van der Waals surface area contributed by atoms with Gasteiger partial charge in [0.2, 0.25) is 0 Å². The molecule has 1 saturated heterocycles. The molecule has 1 aliphatic heterocycles. The third-order valence-electron chi connectivity index (χ3n) is 3.61. The van der Waals surface area contributed by atoms with Crippen LogP contribution in [0.15, 0.2) is 23.2 Å². The molecule has 0 amide bonds. The van der Waals surface area contributed by atoms with Crippen molar-refractivity contribution in [2.45, 2.75) is 32.8 Å². The van der Waals surface area contributed by atoms with Crippen LogP contribution >= 0.6 is 0 Å². The van der Waals surface area contributed by atoms with Gasteiger partial charge in [-0.05, 0) is 49.9 Å². The Labute approximate surface area is 126 Å². The average Bonchev–Trinajstić information content (AvgIpc) is 2.96. The molecule has 116 valence electrons. The highest BCUT2D eigenvalue weighted by molar-refractivity contribution is 5.92. The Balaban J connectivity index is 1.67. The van der Waals surface area contributed by atoms with Crippen LogP contribution in [0.3, 0.4) is 0 Å². The molecule has 5 heteroatoms. The van der Waals surface area contributed by atoms with E-state index in [1.54, 1.807) is 0 Å². The number of rotatable bonds is 6. The lowest BCUT2D eigenvalue weighted by molar-refractivity contribution is 0.0424. The van der Waals surface area contributed by atoms with Crippen LogP contribution in [-0.4, -0.2) is 38.4 Å². The van der Waals surface area contributed by atoms with E-state index >= 15 is 0 Å². The monoisotopic (exact) mass is 291 g/mol. The lowest BCUT2D eigenvalue weighted by atomic mass is 10.1. The number of benzene rings is 1. The molecule has 1 atom stereocenters. The standard InChI is InChI=1S/C16H25N3O2/c1-12-4-5-14(10-13(12)2)19-16(17)18-7-3-8-21-15-6-9-20-11-15/h4-5,10,15H,3,6-9,11H2,1-2H3,(H3,17,18,19). The van der Waals surface area contributed by atoms with Crippen LogP contribution in [0.1, 0.15) is 24.0 Å². The zero-order valence-corrected chi connectivity index (χ0v) is 12.9. The molecule has 0 aliphatic carbocycles. The molecule has 3 N–H and O–H groups in total. The predicted molar refractivity (Wildman–Crippen MR) is 85.8 cm³/mol. The molecule has 0 bridgehead atoms. The van der Waals surface area contributed by atoms with Gasteiger partial charge in [0.15, 0.2) is 5.96 Å². The number of aliphatic imine (C=N–C) groups is 1. The lowest BCUT2D eigenvalue weighted by Crippen LogP contribution is -2.23. The fourth-order valence-electron chi connectivity index (χ4n) is 2.16. The Morgan fingerprint density at radius 3 is 3.00 bits per heavy atom. The third-order valence-corrected chi connectivity index (χ3v) is 3.61. The van der Waals surface area contributed by atoms with Gasteiger partial charge in [-0.3, -0.25) is 4.99 Å². The smallest absolute Gasteiger partial charge is 0.193 e. The van der Waals surface area contributed by atoms with Gasteiger partial charge in [0.25, 0.3) is 0 Å². The van der Waals surface area contributed by atoms with Crippen molar-refractivity contribution in [2.24, 2.45) is 10.7 Å². The highest BCUT2D eigenvalue weighted by Crippen LogP contribution is 2.13. The second kappa shape index (κ2) is 8.00. The number of nitrogens with one attached hydrogen (secondary N) is 1. The van der Waals surface area contributed by atoms with Crippen molar-refractivity contribution in [3.8, 4) is 0 Å². The van der Waals surface area contributed by atoms with Gasteiger partial charge in [-0.25, -0.2) is 0 Å². The molecule has 1 aromatic carbocycles. The molecule has 1 aromatic rings. The summed E-state index contributed by atoms with van der Waals surface area (Å²) in [7, 11) is 0. The number of nitrogens with zero attached hydrogens (tertiary/aromatic N) is 1. The van der Waals surface area contributed by atoms with Gasteiger partial charge in [0.1, 0.15) is 0 Å². The number of ether oxygens (including phenoxy) is 2. The maximum atomic E-state index is 5.88. The van der Waals surface area contributed by atoms with Crippen LogP contribution in [0.4, 0.5) is 5.69 Å². The molecule has 0 saturated carbocycles. The number of aryl methyl sites for hydroxylation is 2. The minimum atomic E-state index is 0.264. The summed E-state index contributed by atoms with van der Waals surface area (Å²) in [5.41, 5.74) is 9.35. The van der Waals surface area contributed by atoms with E-state index in [0.29, 0.717) is 19.1 Å². The van der Waals surface area contributed by atoms with Crippen LogP contribution < -0.4 is 11.1 Å². The molecule has 0 radical (unpaired) electrons. The average molecular weight is 291 g/mol. The summed E-state index contributed by atoms with van der Waals surface area (Å²) in [6.07, 6.45) is 2.13. The largest absolute Gasteiger partial charge is 0.379 e. The molecule has 0 aromatic heterocycles. The first kappa shape index (κ1) is 15.8. The van der Waals surface area contributed by atoms with Gasteiger partial charge in [0.05, 0.1) is 12.7 Å². The van der Waals surface area contributed by atoms with Gasteiger partial charge in [-0.2, -0.15) is 0 Å². The van der Waals surface area contributed by atoms with Crippen molar-refractivity contribution in [2.75, 3.05) is 31.7 Å². The Morgan fingerprint density at radius 1 is 1.43 bits per heavy atom. The Morgan fingerprint density at radius 2 is 2.29 bits per heavy atom. The zero-order valence-electron chi connectivity index (χ0n) is 12.9. The van der Waals surface area contributed by atoms with Crippen molar-refractivity contribution in [1.29, 1.82) is 0 Å². The number of hydrogen-bond acceptors (Lipinski definition) is 3. The quantitative estimate of drug-likeness (QED) is 0.479. The Hall–Kier alpha value is -1.59. The van der Waals surface area contributed by atoms with Gasteiger partial charge >= 0.3 is 0 Å². The Kier molecular flexibility index (Phi) is 6.02. The van der Waals surface area contributed by atoms with Crippen LogP contribution in [0.5, 0.6) is 0 Å². The van der Waals surface area contributed by atoms with E-state index in [-0.39, 0.29) is 6.10 Å². The zero-order chi connectivity index (χ0) is 15.1. The molecular formula is C16H25N3O2. The molecule has 5 nitrogen and oxygen atoms in total. The molecule has 1 unspecified atom stereocenters. The molecule has 21 heavy (non-hydrogen) atoms. The topological polar surface area (TPSA) is 68.9 Å². The molecule has 1 fully saturated rings. The summed E-state index contributed by atoms with van der Waals surface area (Å²) in [6.45, 7) is 7.07. The number of guanidine groups is 1. The minimum absolute atomic E-state index is 0.264. The van der Waals surface area contributed by atoms with Gasteiger partial charge in [0, 0.05) is 25.4 Å². The predicted octanol–water partition coefficient (Wildman–Crippen LogP) is 2.23. The van der Waals surface area contributed by atoms with E-state index in [0.717, 1.165) is 31.7 Å². The SMILES string of the molecule is Cc1ccc(NC(N)=NCCCOC2CCOC2)cc1C. The Bertz CT molecular complexity index is 482. The summed E-state index contributed by atoms with van der Waals surface area (Å²) in [5, 5.41) is 3.11. The first-order chi connectivity index (χ1) is 10.1. The van der Waals surface area contributed by atoms with Gasteiger partial charge in [-0.1, -0.05) is 6.07 Å². The van der Waals surface area contributed by atoms with E-state index in [2.05, 4.69) is 36.3 Å². The van der Waals surface area contributed by atoms with Crippen molar-refractivity contribution in [3.05, 3.63) is 29.3 Å². The van der Waals surface area contributed by atoms with E-state index in [1.807, 2.05) is 6.07 Å². The molecule has 0 spiro atoms. The molecular weight excluding hydrogens is 266 g/mol. The first-order valence-electron chi connectivity index (χ1n) is 7.48. The van der Waals surface area contributed by atoms with Crippen molar-refractivity contribution in [3.63, 3.8) is 0 Å². The normalized spacial score (nSPS) is 19.0. The maximum Gasteiger partial charge on any atom is 0.193 e.